The van der Waals surface area contributed by atoms with Gasteiger partial charge in [-0.1, -0.05) is 29.3 Å². The summed E-state index contributed by atoms with van der Waals surface area (Å²) in [4.78, 5) is 7.00. The zero-order valence-corrected chi connectivity index (χ0v) is 17.5. The first-order valence-electron chi connectivity index (χ1n) is 9.23. The van der Waals surface area contributed by atoms with Crippen LogP contribution in [0.5, 0.6) is 0 Å². The molecule has 0 atom stereocenters. The molecule has 0 N–H and O–H groups in total. The Hall–Kier alpha value is -2.15. The molecular formula is C21H22ClN3O2S. The molecule has 5 nitrogen and oxygen atoms in total. The fraction of sp³-hybridized carbons (Fsp3) is 0.286. The smallest absolute Gasteiger partial charge is 0.243 e. The van der Waals surface area contributed by atoms with E-state index < -0.39 is 10.0 Å². The molecule has 1 aliphatic rings. The second-order valence-corrected chi connectivity index (χ2v) is 9.49. The number of piperazine rings is 1. The van der Waals surface area contributed by atoms with Crippen LogP contribution in [0.25, 0.3) is 10.9 Å². The number of aromatic nitrogens is 1. The molecule has 28 heavy (non-hydrogen) atoms. The molecule has 3 aromatic rings. The minimum Gasteiger partial charge on any atom is -0.368 e. The van der Waals surface area contributed by atoms with Crippen LogP contribution in [0.4, 0.5) is 5.69 Å². The van der Waals surface area contributed by atoms with Crippen molar-refractivity contribution in [3.63, 3.8) is 0 Å². The van der Waals surface area contributed by atoms with Gasteiger partial charge in [0.1, 0.15) is 0 Å². The van der Waals surface area contributed by atoms with Crippen molar-refractivity contribution in [2.24, 2.45) is 0 Å². The summed E-state index contributed by atoms with van der Waals surface area (Å²) in [6.45, 7) is 5.98. The highest BCUT2D eigenvalue weighted by atomic mass is 35.5. The Morgan fingerprint density at radius 2 is 1.71 bits per heavy atom. The molecule has 0 unspecified atom stereocenters. The molecule has 1 saturated heterocycles. The van der Waals surface area contributed by atoms with Gasteiger partial charge in [-0.15, -0.1) is 0 Å². The zero-order chi connectivity index (χ0) is 19.9. The predicted octanol–water partition coefficient (Wildman–Crippen LogP) is 4.02. The van der Waals surface area contributed by atoms with Gasteiger partial charge in [-0.3, -0.25) is 4.98 Å². The van der Waals surface area contributed by atoms with Crippen molar-refractivity contribution in [2.45, 2.75) is 18.7 Å². The van der Waals surface area contributed by atoms with Crippen LogP contribution >= 0.6 is 11.6 Å². The Morgan fingerprint density at radius 3 is 2.43 bits per heavy atom. The van der Waals surface area contributed by atoms with Crippen molar-refractivity contribution in [2.75, 3.05) is 31.1 Å². The Bertz CT molecular complexity index is 1140. The first kappa shape index (κ1) is 19.2. The van der Waals surface area contributed by atoms with Crippen LogP contribution in [0, 0.1) is 13.8 Å². The Labute approximate surface area is 170 Å². The molecule has 4 rings (SSSR count). The molecule has 1 aromatic heterocycles. The van der Waals surface area contributed by atoms with E-state index in [-0.39, 0.29) is 0 Å². The monoisotopic (exact) mass is 415 g/mol. The number of sulfonamides is 1. The largest absolute Gasteiger partial charge is 0.368 e. The molecule has 7 heteroatoms. The molecule has 1 fully saturated rings. The van der Waals surface area contributed by atoms with E-state index in [1.807, 2.05) is 50.2 Å². The number of nitrogens with zero attached hydrogens (tertiary/aromatic N) is 3. The van der Waals surface area contributed by atoms with Gasteiger partial charge in [0.2, 0.25) is 10.0 Å². The number of hydrogen-bond donors (Lipinski definition) is 0. The first-order chi connectivity index (χ1) is 13.4. The van der Waals surface area contributed by atoms with Gasteiger partial charge in [-0.05, 0) is 49.7 Å². The van der Waals surface area contributed by atoms with Crippen LogP contribution in [0.2, 0.25) is 5.02 Å². The fourth-order valence-corrected chi connectivity index (χ4v) is 5.57. The van der Waals surface area contributed by atoms with E-state index >= 15 is 0 Å². The Kier molecular flexibility index (Phi) is 5.04. The Balaban J connectivity index is 1.57. The van der Waals surface area contributed by atoms with Crippen molar-refractivity contribution in [3.05, 3.63) is 64.8 Å². The van der Waals surface area contributed by atoms with Gasteiger partial charge in [0.25, 0.3) is 0 Å². The highest BCUT2D eigenvalue weighted by Gasteiger charge is 2.30. The highest BCUT2D eigenvalue weighted by Crippen LogP contribution is 2.29. The molecule has 2 heterocycles. The molecule has 0 bridgehead atoms. The number of anilines is 1. The van der Waals surface area contributed by atoms with Crippen LogP contribution in [0.15, 0.2) is 53.6 Å². The third kappa shape index (κ3) is 3.48. The van der Waals surface area contributed by atoms with Crippen molar-refractivity contribution in [3.8, 4) is 0 Å². The standard InChI is InChI=1S/C21H22ClN3O2S/c1-15-3-6-21(16(2)13-15)28(26,27)25-11-9-24(10-12-25)20-7-8-23-19-14-17(22)4-5-18(19)20/h3-8,13-14H,9-12H2,1-2H3. The predicted molar refractivity (Wildman–Crippen MR) is 114 cm³/mol. The number of benzene rings is 2. The van der Waals surface area contributed by atoms with Crippen LogP contribution in [0.1, 0.15) is 11.1 Å². The van der Waals surface area contributed by atoms with E-state index in [0.29, 0.717) is 36.1 Å². The maximum absolute atomic E-state index is 13.1. The number of pyridine rings is 1. The van der Waals surface area contributed by atoms with Gasteiger partial charge in [0.05, 0.1) is 10.4 Å². The molecule has 0 saturated carbocycles. The lowest BCUT2D eigenvalue weighted by atomic mass is 10.1. The third-order valence-corrected chi connectivity index (χ3v) is 7.50. The summed E-state index contributed by atoms with van der Waals surface area (Å²) < 4.78 is 27.8. The molecule has 146 valence electrons. The second-order valence-electron chi connectivity index (χ2n) is 7.15. The molecule has 0 spiro atoms. The van der Waals surface area contributed by atoms with Crippen LogP contribution in [0.3, 0.4) is 0 Å². The molecule has 0 amide bonds. The number of halogens is 1. The summed E-state index contributed by atoms with van der Waals surface area (Å²) in [6, 6.07) is 13.1. The minimum absolute atomic E-state index is 0.399. The van der Waals surface area contributed by atoms with E-state index in [1.165, 1.54) is 0 Å². The summed E-state index contributed by atoms with van der Waals surface area (Å²) in [5, 5.41) is 1.68. The van der Waals surface area contributed by atoms with E-state index in [4.69, 9.17) is 11.6 Å². The van der Waals surface area contributed by atoms with E-state index in [1.54, 1.807) is 16.6 Å². The highest BCUT2D eigenvalue weighted by molar-refractivity contribution is 7.89. The molecule has 1 aliphatic heterocycles. The van der Waals surface area contributed by atoms with Gasteiger partial charge < -0.3 is 4.90 Å². The van der Waals surface area contributed by atoms with Crippen LogP contribution in [-0.4, -0.2) is 43.9 Å². The molecule has 2 aromatic carbocycles. The second kappa shape index (κ2) is 7.35. The van der Waals surface area contributed by atoms with E-state index in [9.17, 15) is 8.42 Å². The fourth-order valence-electron chi connectivity index (χ4n) is 3.78. The lowest BCUT2D eigenvalue weighted by Gasteiger charge is -2.36. The maximum Gasteiger partial charge on any atom is 0.243 e. The van der Waals surface area contributed by atoms with Gasteiger partial charge in [-0.25, -0.2) is 8.42 Å². The lowest BCUT2D eigenvalue weighted by Crippen LogP contribution is -2.48. The number of rotatable bonds is 3. The molecule has 0 aliphatic carbocycles. The average Bonchev–Trinajstić information content (AvgIpc) is 2.67. The van der Waals surface area contributed by atoms with Crippen molar-refractivity contribution in [1.29, 1.82) is 0 Å². The number of hydrogen-bond acceptors (Lipinski definition) is 4. The average molecular weight is 416 g/mol. The number of aryl methyl sites for hydroxylation is 2. The van der Waals surface area contributed by atoms with Gasteiger partial charge >= 0.3 is 0 Å². The van der Waals surface area contributed by atoms with Gasteiger partial charge in [0.15, 0.2) is 0 Å². The van der Waals surface area contributed by atoms with E-state index in [0.717, 1.165) is 27.7 Å². The van der Waals surface area contributed by atoms with Gasteiger partial charge in [-0.2, -0.15) is 4.31 Å². The summed E-state index contributed by atoms with van der Waals surface area (Å²) in [7, 11) is -3.49. The quantitative estimate of drug-likeness (QED) is 0.648. The van der Waals surface area contributed by atoms with Crippen molar-refractivity contribution in [1.82, 2.24) is 9.29 Å². The summed E-state index contributed by atoms with van der Waals surface area (Å²) in [5.41, 5.74) is 3.76. The molecular weight excluding hydrogens is 394 g/mol. The zero-order valence-electron chi connectivity index (χ0n) is 15.9. The Morgan fingerprint density at radius 1 is 0.964 bits per heavy atom. The topological polar surface area (TPSA) is 53.5 Å². The van der Waals surface area contributed by atoms with Gasteiger partial charge in [0, 0.05) is 48.5 Å². The minimum atomic E-state index is -3.49. The van der Waals surface area contributed by atoms with Crippen LogP contribution in [-0.2, 0) is 10.0 Å². The van der Waals surface area contributed by atoms with Crippen LogP contribution < -0.4 is 4.90 Å². The lowest BCUT2D eigenvalue weighted by molar-refractivity contribution is 0.385. The van der Waals surface area contributed by atoms with Crippen molar-refractivity contribution >= 4 is 38.2 Å². The van der Waals surface area contributed by atoms with E-state index in [2.05, 4.69) is 9.88 Å². The number of fused-ring (bicyclic) bond motifs is 1. The molecule has 0 radical (unpaired) electrons. The third-order valence-electron chi connectivity index (χ3n) is 5.21. The summed E-state index contributed by atoms with van der Waals surface area (Å²) in [6.07, 6.45) is 1.77. The maximum atomic E-state index is 13.1. The summed E-state index contributed by atoms with van der Waals surface area (Å²) >= 11 is 6.08. The van der Waals surface area contributed by atoms with Crippen molar-refractivity contribution < 1.29 is 8.42 Å². The first-order valence-corrected chi connectivity index (χ1v) is 11.0. The SMILES string of the molecule is Cc1ccc(S(=O)(=O)N2CCN(c3ccnc4cc(Cl)ccc34)CC2)c(C)c1. The summed E-state index contributed by atoms with van der Waals surface area (Å²) in [5.74, 6) is 0. The normalized spacial score (nSPS) is 15.9.